The molecule has 0 saturated carbocycles. The number of nitrogens with two attached hydrogens (primary N) is 1. The molecule has 0 spiro atoms. The molecular formula is C17H23N3O. The fourth-order valence-electron chi connectivity index (χ4n) is 3.28. The molecule has 4 nitrogen and oxygen atoms in total. The summed E-state index contributed by atoms with van der Waals surface area (Å²) in [6.07, 6.45) is 7.24. The van der Waals surface area contributed by atoms with Crippen molar-refractivity contribution in [1.82, 2.24) is 9.80 Å². The molecule has 1 unspecified atom stereocenters. The lowest BCUT2D eigenvalue weighted by molar-refractivity contribution is -0.125. The highest BCUT2D eigenvalue weighted by molar-refractivity contribution is 5.92. The van der Waals surface area contributed by atoms with Crippen molar-refractivity contribution >= 4 is 17.7 Å². The second kappa shape index (κ2) is 6.31. The quantitative estimate of drug-likeness (QED) is 0.682. The van der Waals surface area contributed by atoms with Crippen LogP contribution in [0.25, 0.3) is 6.08 Å². The van der Waals surface area contributed by atoms with Crippen molar-refractivity contribution in [2.45, 2.75) is 25.3 Å². The summed E-state index contributed by atoms with van der Waals surface area (Å²) in [5, 5.41) is 0. The van der Waals surface area contributed by atoms with Gasteiger partial charge in [-0.3, -0.25) is 9.69 Å². The van der Waals surface area contributed by atoms with E-state index in [4.69, 9.17) is 5.73 Å². The molecule has 2 aliphatic heterocycles. The Labute approximate surface area is 126 Å². The van der Waals surface area contributed by atoms with Crippen LogP contribution in [0.5, 0.6) is 0 Å². The van der Waals surface area contributed by atoms with Gasteiger partial charge in [0.15, 0.2) is 0 Å². The molecule has 1 aromatic rings. The fourth-order valence-corrected chi connectivity index (χ4v) is 3.28. The monoisotopic (exact) mass is 285 g/mol. The van der Waals surface area contributed by atoms with E-state index in [0.29, 0.717) is 6.04 Å². The first-order valence-corrected chi connectivity index (χ1v) is 7.79. The molecule has 112 valence electrons. The fraction of sp³-hybridized carbons (Fsp3) is 0.471. The van der Waals surface area contributed by atoms with Gasteiger partial charge in [0.25, 0.3) is 0 Å². The Kier molecular flexibility index (Phi) is 4.25. The van der Waals surface area contributed by atoms with Gasteiger partial charge in [-0.15, -0.1) is 0 Å². The first kappa shape index (κ1) is 14.1. The minimum atomic E-state index is 0.110. The van der Waals surface area contributed by atoms with Crippen LogP contribution < -0.4 is 5.73 Å². The Hall–Kier alpha value is -1.81. The molecule has 4 heteroatoms. The van der Waals surface area contributed by atoms with E-state index in [1.165, 1.54) is 25.9 Å². The molecule has 2 fully saturated rings. The van der Waals surface area contributed by atoms with E-state index >= 15 is 0 Å². The molecule has 0 aromatic heterocycles. The van der Waals surface area contributed by atoms with Crippen molar-refractivity contribution < 1.29 is 4.79 Å². The van der Waals surface area contributed by atoms with Gasteiger partial charge in [0.05, 0.1) is 0 Å². The van der Waals surface area contributed by atoms with E-state index in [9.17, 15) is 4.79 Å². The number of rotatable bonds is 3. The number of anilines is 1. The van der Waals surface area contributed by atoms with Crippen molar-refractivity contribution in [3.8, 4) is 0 Å². The predicted octanol–water partition coefficient (Wildman–Crippen LogP) is 1.98. The average molecular weight is 285 g/mol. The lowest BCUT2D eigenvalue weighted by Crippen LogP contribution is -2.36. The molecule has 1 amide bonds. The van der Waals surface area contributed by atoms with Crippen molar-refractivity contribution in [2.24, 2.45) is 0 Å². The number of amides is 1. The van der Waals surface area contributed by atoms with E-state index in [1.54, 1.807) is 6.08 Å². The summed E-state index contributed by atoms with van der Waals surface area (Å²) in [4.78, 5) is 16.8. The van der Waals surface area contributed by atoms with Crippen LogP contribution in [0.15, 0.2) is 30.3 Å². The molecule has 2 N–H and O–H groups in total. The number of nitrogen functional groups attached to an aromatic ring is 1. The van der Waals surface area contributed by atoms with Crippen molar-refractivity contribution in [2.75, 3.05) is 31.9 Å². The highest BCUT2D eigenvalue weighted by Gasteiger charge is 2.30. The van der Waals surface area contributed by atoms with Crippen molar-refractivity contribution in [3.63, 3.8) is 0 Å². The first-order valence-electron chi connectivity index (χ1n) is 7.79. The topological polar surface area (TPSA) is 49.6 Å². The van der Waals surface area contributed by atoms with Crippen LogP contribution in [0.4, 0.5) is 5.69 Å². The summed E-state index contributed by atoms with van der Waals surface area (Å²) < 4.78 is 0. The summed E-state index contributed by atoms with van der Waals surface area (Å²) in [6, 6.07) is 8.15. The van der Waals surface area contributed by atoms with Crippen LogP contribution in [0.1, 0.15) is 24.8 Å². The van der Waals surface area contributed by atoms with Gasteiger partial charge >= 0.3 is 0 Å². The summed E-state index contributed by atoms with van der Waals surface area (Å²) in [5.41, 5.74) is 7.43. The highest BCUT2D eigenvalue weighted by Crippen LogP contribution is 2.20. The number of hydrogen-bond donors (Lipinski definition) is 1. The van der Waals surface area contributed by atoms with Gasteiger partial charge in [-0.25, -0.2) is 0 Å². The molecule has 2 heterocycles. The SMILES string of the molecule is Nc1cccc(/C=C/C(=O)N2CCC(N3CCCC3)C2)c1. The van der Waals surface area contributed by atoms with Gasteiger partial charge in [0.2, 0.25) is 5.91 Å². The zero-order valence-electron chi connectivity index (χ0n) is 12.4. The van der Waals surface area contributed by atoms with Crippen LogP contribution in [0, 0.1) is 0 Å². The molecule has 1 aromatic carbocycles. The zero-order valence-corrected chi connectivity index (χ0v) is 12.4. The van der Waals surface area contributed by atoms with E-state index in [-0.39, 0.29) is 5.91 Å². The number of carbonyl (C=O) groups is 1. The number of hydrogen-bond acceptors (Lipinski definition) is 3. The van der Waals surface area contributed by atoms with E-state index in [0.717, 1.165) is 30.8 Å². The van der Waals surface area contributed by atoms with Crippen molar-refractivity contribution in [3.05, 3.63) is 35.9 Å². The molecule has 21 heavy (non-hydrogen) atoms. The molecular weight excluding hydrogens is 262 g/mol. The van der Waals surface area contributed by atoms with Gasteiger partial charge in [-0.05, 0) is 56.1 Å². The Morgan fingerprint density at radius 3 is 2.81 bits per heavy atom. The average Bonchev–Trinajstić information content (AvgIpc) is 3.15. The van der Waals surface area contributed by atoms with Crippen LogP contribution >= 0.6 is 0 Å². The second-order valence-corrected chi connectivity index (χ2v) is 5.97. The number of nitrogens with zero attached hydrogens (tertiary/aromatic N) is 2. The summed E-state index contributed by atoms with van der Waals surface area (Å²) >= 11 is 0. The molecule has 0 aliphatic carbocycles. The largest absolute Gasteiger partial charge is 0.399 e. The standard InChI is InChI=1S/C17H23N3O/c18-15-5-3-4-14(12-15)6-7-17(21)20-11-8-16(13-20)19-9-1-2-10-19/h3-7,12,16H,1-2,8-11,13,18H2/b7-6+. The highest BCUT2D eigenvalue weighted by atomic mass is 16.2. The number of likely N-dealkylation sites (tertiary alicyclic amines) is 2. The smallest absolute Gasteiger partial charge is 0.246 e. The maximum Gasteiger partial charge on any atom is 0.246 e. The van der Waals surface area contributed by atoms with Gasteiger partial charge in [0.1, 0.15) is 0 Å². The second-order valence-electron chi connectivity index (χ2n) is 5.97. The molecule has 2 aliphatic rings. The molecule has 2 saturated heterocycles. The van der Waals surface area contributed by atoms with Gasteiger partial charge in [-0.2, -0.15) is 0 Å². The number of benzene rings is 1. The van der Waals surface area contributed by atoms with Gasteiger partial charge < -0.3 is 10.6 Å². The Bertz CT molecular complexity index is 535. The minimum absolute atomic E-state index is 0.110. The van der Waals surface area contributed by atoms with Crippen LogP contribution in [0.3, 0.4) is 0 Å². The molecule has 0 bridgehead atoms. The van der Waals surface area contributed by atoms with Gasteiger partial charge in [-0.1, -0.05) is 12.1 Å². The summed E-state index contributed by atoms with van der Waals surface area (Å²) in [7, 11) is 0. The van der Waals surface area contributed by atoms with E-state index in [1.807, 2.05) is 35.2 Å². The summed E-state index contributed by atoms with van der Waals surface area (Å²) in [5.74, 6) is 0.110. The lowest BCUT2D eigenvalue weighted by atomic mass is 10.2. The Morgan fingerprint density at radius 1 is 1.24 bits per heavy atom. The third-order valence-corrected chi connectivity index (χ3v) is 4.46. The van der Waals surface area contributed by atoms with Crippen LogP contribution in [-0.2, 0) is 4.79 Å². The van der Waals surface area contributed by atoms with E-state index in [2.05, 4.69) is 4.90 Å². The van der Waals surface area contributed by atoms with Crippen LogP contribution in [-0.4, -0.2) is 47.9 Å². The Morgan fingerprint density at radius 2 is 2.05 bits per heavy atom. The predicted molar refractivity (Wildman–Crippen MR) is 85.7 cm³/mol. The third-order valence-electron chi connectivity index (χ3n) is 4.46. The molecule has 1 atom stereocenters. The molecule has 0 radical (unpaired) electrons. The Balaban J connectivity index is 1.56. The number of carbonyl (C=O) groups excluding carboxylic acids is 1. The maximum absolute atomic E-state index is 12.3. The summed E-state index contributed by atoms with van der Waals surface area (Å²) in [6.45, 7) is 4.15. The van der Waals surface area contributed by atoms with Crippen molar-refractivity contribution in [1.29, 1.82) is 0 Å². The minimum Gasteiger partial charge on any atom is -0.399 e. The maximum atomic E-state index is 12.3. The normalized spacial score (nSPS) is 23.2. The van der Waals surface area contributed by atoms with Gasteiger partial charge in [0, 0.05) is 30.9 Å². The van der Waals surface area contributed by atoms with Crippen LogP contribution in [0.2, 0.25) is 0 Å². The molecule has 3 rings (SSSR count). The third kappa shape index (κ3) is 3.45. The zero-order chi connectivity index (χ0) is 14.7. The first-order chi connectivity index (χ1) is 10.2. The van der Waals surface area contributed by atoms with E-state index < -0.39 is 0 Å². The lowest BCUT2D eigenvalue weighted by Gasteiger charge is -2.23.